The molecule has 1 unspecified atom stereocenters. The summed E-state index contributed by atoms with van der Waals surface area (Å²) in [5, 5.41) is 9.17. The fourth-order valence-corrected chi connectivity index (χ4v) is 1.73. The van der Waals surface area contributed by atoms with E-state index in [-0.39, 0.29) is 11.8 Å². The van der Waals surface area contributed by atoms with Crippen molar-refractivity contribution in [3.05, 3.63) is 18.2 Å². The molecule has 1 aromatic rings. The third-order valence-corrected chi connectivity index (χ3v) is 2.40. The lowest BCUT2D eigenvalue weighted by Gasteiger charge is -2.21. The van der Waals surface area contributed by atoms with Crippen LogP contribution in [0.5, 0.6) is 0 Å². The van der Waals surface area contributed by atoms with E-state index >= 15 is 0 Å². The second-order valence-electron chi connectivity index (χ2n) is 4.37. The van der Waals surface area contributed by atoms with E-state index in [1.807, 2.05) is 27.7 Å². The summed E-state index contributed by atoms with van der Waals surface area (Å²) in [4.78, 5) is 15.4. The van der Waals surface area contributed by atoms with Gasteiger partial charge in [0.1, 0.15) is 11.9 Å². The van der Waals surface area contributed by atoms with Crippen molar-refractivity contribution < 1.29 is 9.90 Å². The number of hydrogen-bond donors (Lipinski definition) is 1. The second-order valence-corrected chi connectivity index (χ2v) is 4.37. The molecule has 0 aliphatic rings. The van der Waals surface area contributed by atoms with Crippen LogP contribution in [0.15, 0.2) is 12.4 Å². The Balaban J connectivity index is 3.11. The minimum absolute atomic E-state index is 0.0502. The van der Waals surface area contributed by atoms with Gasteiger partial charge >= 0.3 is 5.97 Å². The van der Waals surface area contributed by atoms with Gasteiger partial charge in [0.2, 0.25) is 0 Å². The SMILES string of the molecule is CC(C)c1nccn1C(C(=O)O)C(C)C. The summed E-state index contributed by atoms with van der Waals surface area (Å²) in [7, 11) is 0. The molecule has 4 heteroatoms. The zero-order valence-electron chi connectivity index (χ0n) is 9.64. The van der Waals surface area contributed by atoms with Gasteiger partial charge in [-0.1, -0.05) is 27.7 Å². The predicted octanol–water partition coefficient (Wildman–Crippen LogP) is 2.29. The number of carboxylic acids is 1. The van der Waals surface area contributed by atoms with Crippen LogP contribution in [0.3, 0.4) is 0 Å². The van der Waals surface area contributed by atoms with Gasteiger partial charge in [0.25, 0.3) is 0 Å². The van der Waals surface area contributed by atoms with Crippen molar-refractivity contribution in [1.82, 2.24) is 9.55 Å². The molecule has 1 N–H and O–H groups in total. The maximum absolute atomic E-state index is 11.2. The summed E-state index contributed by atoms with van der Waals surface area (Å²) in [5.41, 5.74) is 0. The van der Waals surface area contributed by atoms with Crippen molar-refractivity contribution in [3.8, 4) is 0 Å². The van der Waals surface area contributed by atoms with Crippen LogP contribution >= 0.6 is 0 Å². The van der Waals surface area contributed by atoms with Gasteiger partial charge in [-0.25, -0.2) is 9.78 Å². The summed E-state index contributed by atoms with van der Waals surface area (Å²) in [6, 6.07) is -0.523. The summed E-state index contributed by atoms with van der Waals surface area (Å²) in [5.74, 6) is 0.316. The number of imidazole rings is 1. The molecule has 0 aromatic carbocycles. The van der Waals surface area contributed by atoms with Gasteiger partial charge < -0.3 is 9.67 Å². The molecule has 15 heavy (non-hydrogen) atoms. The number of carboxylic acid groups (broad SMARTS) is 1. The van der Waals surface area contributed by atoms with Crippen LogP contribution in [0.2, 0.25) is 0 Å². The molecular weight excluding hydrogens is 192 g/mol. The van der Waals surface area contributed by atoms with E-state index in [0.717, 1.165) is 5.82 Å². The lowest BCUT2D eigenvalue weighted by Crippen LogP contribution is -2.25. The van der Waals surface area contributed by atoms with Crippen LogP contribution in [0.1, 0.15) is 45.5 Å². The Morgan fingerprint density at radius 3 is 2.40 bits per heavy atom. The van der Waals surface area contributed by atoms with Gasteiger partial charge in [0.15, 0.2) is 0 Å². The van der Waals surface area contributed by atoms with E-state index in [9.17, 15) is 9.90 Å². The Labute approximate surface area is 89.9 Å². The summed E-state index contributed by atoms with van der Waals surface area (Å²) >= 11 is 0. The van der Waals surface area contributed by atoms with Gasteiger partial charge in [0.05, 0.1) is 0 Å². The average molecular weight is 210 g/mol. The van der Waals surface area contributed by atoms with E-state index < -0.39 is 12.0 Å². The zero-order chi connectivity index (χ0) is 11.6. The van der Waals surface area contributed by atoms with Gasteiger partial charge in [-0.2, -0.15) is 0 Å². The highest BCUT2D eigenvalue weighted by Gasteiger charge is 2.25. The van der Waals surface area contributed by atoms with Crippen LogP contribution < -0.4 is 0 Å². The normalized spacial score (nSPS) is 13.5. The third kappa shape index (κ3) is 2.37. The smallest absolute Gasteiger partial charge is 0.326 e. The van der Waals surface area contributed by atoms with Crippen molar-refractivity contribution in [2.75, 3.05) is 0 Å². The average Bonchev–Trinajstić information content (AvgIpc) is 2.51. The van der Waals surface area contributed by atoms with E-state index in [0.29, 0.717) is 0 Å². The maximum atomic E-state index is 11.2. The van der Waals surface area contributed by atoms with E-state index in [1.165, 1.54) is 0 Å². The summed E-state index contributed by atoms with van der Waals surface area (Å²) < 4.78 is 1.76. The minimum Gasteiger partial charge on any atom is -0.480 e. The fourth-order valence-electron chi connectivity index (χ4n) is 1.73. The number of hydrogen-bond acceptors (Lipinski definition) is 2. The van der Waals surface area contributed by atoms with Gasteiger partial charge in [-0.15, -0.1) is 0 Å². The highest BCUT2D eigenvalue weighted by molar-refractivity contribution is 5.72. The van der Waals surface area contributed by atoms with Crippen LogP contribution in [-0.2, 0) is 4.79 Å². The topological polar surface area (TPSA) is 55.1 Å². The molecule has 0 spiro atoms. The van der Waals surface area contributed by atoms with Crippen LogP contribution in [0.4, 0.5) is 0 Å². The number of rotatable bonds is 4. The number of aliphatic carboxylic acids is 1. The Hall–Kier alpha value is -1.32. The molecule has 0 saturated heterocycles. The Morgan fingerprint density at radius 2 is 2.00 bits per heavy atom. The molecule has 0 fully saturated rings. The van der Waals surface area contributed by atoms with Crippen molar-refractivity contribution in [2.45, 2.75) is 39.7 Å². The first kappa shape index (κ1) is 11.8. The standard InChI is InChI=1S/C11H18N2O2/c1-7(2)9(11(14)15)13-6-5-12-10(13)8(3)4/h5-9H,1-4H3,(H,14,15). The molecule has 0 saturated carbocycles. The van der Waals surface area contributed by atoms with E-state index in [4.69, 9.17) is 0 Å². The van der Waals surface area contributed by atoms with Gasteiger partial charge in [0, 0.05) is 18.3 Å². The Bertz CT molecular complexity index is 342. The minimum atomic E-state index is -0.801. The first-order chi connectivity index (χ1) is 6.95. The Morgan fingerprint density at radius 1 is 1.40 bits per heavy atom. The Kier molecular flexibility index (Phi) is 3.50. The number of nitrogens with zero attached hydrogens (tertiary/aromatic N) is 2. The summed E-state index contributed by atoms with van der Waals surface area (Å²) in [6.07, 6.45) is 3.40. The maximum Gasteiger partial charge on any atom is 0.326 e. The first-order valence-corrected chi connectivity index (χ1v) is 5.20. The molecular formula is C11H18N2O2. The van der Waals surface area contributed by atoms with Crippen molar-refractivity contribution in [3.63, 3.8) is 0 Å². The molecule has 0 amide bonds. The van der Waals surface area contributed by atoms with Crippen LogP contribution in [-0.4, -0.2) is 20.6 Å². The highest BCUT2D eigenvalue weighted by atomic mass is 16.4. The second kappa shape index (κ2) is 4.47. The van der Waals surface area contributed by atoms with Crippen molar-refractivity contribution in [1.29, 1.82) is 0 Å². The summed E-state index contributed by atoms with van der Waals surface area (Å²) in [6.45, 7) is 7.84. The molecule has 84 valence electrons. The lowest BCUT2D eigenvalue weighted by molar-refractivity contribution is -0.142. The van der Waals surface area contributed by atoms with Crippen molar-refractivity contribution in [2.24, 2.45) is 5.92 Å². The van der Waals surface area contributed by atoms with Crippen LogP contribution in [0.25, 0.3) is 0 Å². The highest BCUT2D eigenvalue weighted by Crippen LogP contribution is 2.23. The zero-order valence-corrected chi connectivity index (χ0v) is 9.64. The number of aromatic nitrogens is 2. The molecule has 0 radical (unpaired) electrons. The van der Waals surface area contributed by atoms with Crippen LogP contribution in [0, 0.1) is 5.92 Å². The fraction of sp³-hybridized carbons (Fsp3) is 0.636. The molecule has 0 aliphatic heterocycles. The van der Waals surface area contributed by atoms with Gasteiger partial charge in [-0.3, -0.25) is 0 Å². The van der Waals surface area contributed by atoms with E-state index in [1.54, 1.807) is 17.0 Å². The van der Waals surface area contributed by atoms with E-state index in [2.05, 4.69) is 4.98 Å². The third-order valence-electron chi connectivity index (χ3n) is 2.40. The molecule has 1 rings (SSSR count). The molecule has 1 aromatic heterocycles. The van der Waals surface area contributed by atoms with Crippen molar-refractivity contribution >= 4 is 5.97 Å². The monoisotopic (exact) mass is 210 g/mol. The quantitative estimate of drug-likeness (QED) is 0.829. The van der Waals surface area contributed by atoms with Gasteiger partial charge in [-0.05, 0) is 5.92 Å². The molecule has 4 nitrogen and oxygen atoms in total. The molecule has 1 heterocycles. The predicted molar refractivity (Wildman–Crippen MR) is 57.8 cm³/mol. The molecule has 0 bridgehead atoms. The lowest BCUT2D eigenvalue weighted by atomic mass is 10.0. The molecule has 1 atom stereocenters. The number of carbonyl (C=O) groups is 1. The first-order valence-electron chi connectivity index (χ1n) is 5.20. The largest absolute Gasteiger partial charge is 0.480 e. The molecule has 0 aliphatic carbocycles.